The van der Waals surface area contributed by atoms with Crippen LogP contribution in [-0.2, 0) is 0 Å². The summed E-state index contributed by atoms with van der Waals surface area (Å²) in [7, 11) is 0. The maximum atomic E-state index is 4.78. The molecule has 126 valence electrons. The van der Waals surface area contributed by atoms with Crippen molar-refractivity contribution < 1.29 is 0 Å². The van der Waals surface area contributed by atoms with E-state index in [9.17, 15) is 0 Å². The molecule has 5 nitrogen and oxygen atoms in total. The van der Waals surface area contributed by atoms with Crippen molar-refractivity contribution in [1.82, 2.24) is 15.3 Å². The van der Waals surface area contributed by atoms with Crippen molar-refractivity contribution in [2.75, 3.05) is 36.4 Å². The first-order chi connectivity index (χ1) is 11.1. The Labute approximate surface area is 139 Å². The minimum Gasteiger partial charge on any atom is -0.354 e. The van der Waals surface area contributed by atoms with Crippen LogP contribution in [0.2, 0.25) is 0 Å². The summed E-state index contributed by atoms with van der Waals surface area (Å²) in [6, 6.07) is 2.55. The van der Waals surface area contributed by atoms with Crippen LogP contribution in [0.5, 0.6) is 0 Å². The lowest BCUT2D eigenvalue weighted by atomic mass is 9.45. The number of nitrogens with zero attached hydrogens (tertiary/aromatic N) is 3. The van der Waals surface area contributed by atoms with Crippen molar-refractivity contribution in [3.05, 3.63) is 12.3 Å². The van der Waals surface area contributed by atoms with Crippen LogP contribution in [0.15, 0.2) is 12.3 Å². The third-order valence-corrected chi connectivity index (χ3v) is 6.75. The molecule has 3 saturated carbocycles. The van der Waals surface area contributed by atoms with Gasteiger partial charge < -0.3 is 15.5 Å². The summed E-state index contributed by atoms with van der Waals surface area (Å²) in [5, 5.41) is 7.03. The molecule has 1 aromatic heterocycles. The minimum atomic E-state index is 0.519. The Balaban J connectivity index is 1.45. The Kier molecular flexibility index (Phi) is 3.71. The summed E-state index contributed by atoms with van der Waals surface area (Å²) in [4.78, 5) is 11.6. The summed E-state index contributed by atoms with van der Waals surface area (Å²) < 4.78 is 0. The van der Waals surface area contributed by atoms with E-state index < -0.39 is 0 Å². The van der Waals surface area contributed by atoms with Gasteiger partial charge in [-0.2, -0.15) is 4.98 Å². The van der Waals surface area contributed by atoms with E-state index in [0.29, 0.717) is 17.4 Å². The molecular weight excluding hydrogens is 286 g/mol. The highest BCUT2D eigenvalue weighted by Gasteiger charge is 2.56. The number of fused-ring (bicyclic) bond motifs is 2. The quantitative estimate of drug-likeness (QED) is 0.897. The van der Waals surface area contributed by atoms with Crippen LogP contribution in [0, 0.1) is 23.2 Å². The molecule has 0 unspecified atom stereocenters. The molecule has 1 aromatic rings. The number of anilines is 2. The standard InChI is InChI=1S/C18H29N5/c1-12-14-10-13(18(14,2)3)11-15(12)21-17-20-5-4-16(22-17)23-8-6-19-7-9-23/h4-5,12-15,19H,6-11H2,1-3H3,(H,20,21,22)/t12-,13+,14-,15+/m1/s1. The molecule has 5 heteroatoms. The Morgan fingerprint density at radius 2 is 2.04 bits per heavy atom. The average Bonchev–Trinajstić information content (AvgIpc) is 2.57. The molecule has 3 aliphatic carbocycles. The first kappa shape index (κ1) is 15.2. The third kappa shape index (κ3) is 2.59. The van der Waals surface area contributed by atoms with E-state index in [-0.39, 0.29) is 0 Å². The van der Waals surface area contributed by atoms with Gasteiger partial charge in [-0.05, 0) is 42.1 Å². The second-order valence-corrected chi connectivity index (χ2v) is 8.18. The molecule has 0 radical (unpaired) electrons. The number of aromatic nitrogens is 2. The lowest BCUT2D eigenvalue weighted by Crippen LogP contribution is -2.58. The van der Waals surface area contributed by atoms with E-state index in [1.165, 1.54) is 12.8 Å². The zero-order valence-electron chi connectivity index (χ0n) is 14.5. The van der Waals surface area contributed by atoms with Gasteiger partial charge in [0.1, 0.15) is 5.82 Å². The number of hydrogen-bond donors (Lipinski definition) is 2. The molecule has 4 aliphatic rings. The topological polar surface area (TPSA) is 53.1 Å². The highest BCUT2D eigenvalue weighted by molar-refractivity contribution is 5.43. The summed E-state index contributed by atoms with van der Waals surface area (Å²) in [6.45, 7) is 11.4. The lowest BCUT2D eigenvalue weighted by molar-refractivity contribution is -0.105. The fraction of sp³-hybridized carbons (Fsp3) is 0.778. The Bertz CT molecular complexity index is 566. The molecule has 5 rings (SSSR count). The normalized spacial score (nSPS) is 35.5. The van der Waals surface area contributed by atoms with Crippen LogP contribution in [0.25, 0.3) is 0 Å². The first-order valence-corrected chi connectivity index (χ1v) is 9.11. The van der Waals surface area contributed by atoms with E-state index in [1.54, 1.807) is 0 Å². The maximum Gasteiger partial charge on any atom is 0.224 e. The van der Waals surface area contributed by atoms with Crippen LogP contribution < -0.4 is 15.5 Å². The van der Waals surface area contributed by atoms with Crippen molar-refractivity contribution in [3.63, 3.8) is 0 Å². The van der Waals surface area contributed by atoms with Gasteiger partial charge in [-0.3, -0.25) is 0 Å². The van der Waals surface area contributed by atoms with Gasteiger partial charge in [0.2, 0.25) is 5.95 Å². The van der Waals surface area contributed by atoms with Gasteiger partial charge in [-0.1, -0.05) is 20.8 Å². The van der Waals surface area contributed by atoms with E-state index in [1.807, 2.05) is 12.3 Å². The monoisotopic (exact) mass is 315 g/mol. The first-order valence-electron chi connectivity index (χ1n) is 9.11. The van der Waals surface area contributed by atoms with Crippen molar-refractivity contribution >= 4 is 11.8 Å². The van der Waals surface area contributed by atoms with E-state index in [0.717, 1.165) is 49.8 Å². The van der Waals surface area contributed by atoms with Crippen molar-refractivity contribution in [1.29, 1.82) is 0 Å². The Morgan fingerprint density at radius 1 is 1.26 bits per heavy atom. The summed E-state index contributed by atoms with van der Waals surface area (Å²) in [6.07, 6.45) is 4.56. The second-order valence-electron chi connectivity index (χ2n) is 8.18. The number of piperazine rings is 1. The molecular formula is C18H29N5. The lowest BCUT2D eigenvalue weighted by Gasteiger charge is -2.62. The average molecular weight is 315 g/mol. The van der Waals surface area contributed by atoms with Crippen molar-refractivity contribution in [3.8, 4) is 0 Å². The fourth-order valence-corrected chi connectivity index (χ4v) is 5.00. The number of hydrogen-bond acceptors (Lipinski definition) is 5. The Hall–Kier alpha value is -1.36. The molecule has 2 heterocycles. The number of rotatable bonds is 3. The summed E-state index contributed by atoms with van der Waals surface area (Å²) in [5.74, 6) is 4.25. The van der Waals surface area contributed by atoms with E-state index in [4.69, 9.17) is 4.98 Å². The van der Waals surface area contributed by atoms with Gasteiger partial charge in [-0.25, -0.2) is 4.98 Å². The molecule has 4 atom stereocenters. The molecule has 1 aliphatic heterocycles. The molecule has 0 aromatic carbocycles. The predicted octanol–water partition coefficient (Wildman–Crippen LogP) is 2.37. The minimum absolute atomic E-state index is 0.519. The smallest absolute Gasteiger partial charge is 0.224 e. The molecule has 0 amide bonds. The molecule has 0 spiro atoms. The fourth-order valence-electron chi connectivity index (χ4n) is 5.00. The highest BCUT2D eigenvalue weighted by atomic mass is 15.3. The largest absolute Gasteiger partial charge is 0.354 e. The molecule has 23 heavy (non-hydrogen) atoms. The van der Waals surface area contributed by atoms with Crippen LogP contribution in [-0.4, -0.2) is 42.2 Å². The van der Waals surface area contributed by atoms with Crippen LogP contribution in [0.3, 0.4) is 0 Å². The molecule has 2 bridgehead atoms. The molecule has 1 saturated heterocycles. The van der Waals surface area contributed by atoms with Gasteiger partial charge in [0.25, 0.3) is 0 Å². The highest BCUT2D eigenvalue weighted by Crippen LogP contribution is 2.61. The van der Waals surface area contributed by atoms with E-state index in [2.05, 4.69) is 41.3 Å². The maximum absolute atomic E-state index is 4.78. The van der Waals surface area contributed by atoms with Gasteiger partial charge in [0, 0.05) is 38.4 Å². The van der Waals surface area contributed by atoms with Gasteiger partial charge in [-0.15, -0.1) is 0 Å². The van der Waals surface area contributed by atoms with Crippen molar-refractivity contribution in [2.24, 2.45) is 23.2 Å². The zero-order chi connectivity index (χ0) is 16.0. The number of nitrogens with one attached hydrogen (secondary N) is 2. The molecule has 4 fully saturated rings. The summed E-state index contributed by atoms with van der Waals surface area (Å²) >= 11 is 0. The Morgan fingerprint density at radius 3 is 2.74 bits per heavy atom. The van der Waals surface area contributed by atoms with Gasteiger partial charge in [0.15, 0.2) is 0 Å². The second kappa shape index (κ2) is 5.62. The zero-order valence-corrected chi connectivity index (χ0v) is 14.5. The predicted molar refractivity (Wildman–Crippen MR) is 93.7 cm³/mol. The van der Waals surface area contributed by atoms with Crippen molar-refractivity contribution in [2.45, 2.75) is 39.7 Å². The molecule has 2 N–H and O–H groups in total. The van der Waals surface area contributed by atoms with Crippen LogP contribution in [0.1, 0.15) is 33.6 Å². The van der Waals surface area contributed by atoms with Crippen LogP contribution in [0.4, 0.5) is 11.8 Å². The van der Waals surface area contributed by atoms with Gasteiger partial charge >= 0.3 is 0 Å². The van der Waals surface area contributed by atoms with Crippen LogP contribution >= 0.6 is 0 Å². The van der Waals surface area contributed by atoms with Gasteiger partial charge in [0.05, 0.1) is 0 Å². The SMILES string of the molecule is C[C@H]1[C@@H](Nc2nccc(N3CCNCC3)n2)C[C@@H]2C[C@H]1C2(C)C. The third-order valence-electron chi connectivity index (χ3n) is 6.75. The van der Waals surface area contributed by atoms with E-state index >= 15 is 0 Å². The summed E-state index contributed by atoms with van der Waals surface area (Å²) in [5.41, 5.74) is 0.529.